The molecule has 2 aromatic carbocycles. The Morgan fingerprint density at radius 2 is 1.79 bits per heavy atom. The van der Waals surface area contributed by atoms with Gasteiger partial charge >= 0.3 is 0 Å². The molecule has 9 heteroatoms. The zero-order valence-corrected chi connectivity index (χ0v) is 23.5. The number of anilines is 1. The van der Waals surface area contributed by atoms with Crippen molar-refractivity contribution in [3.05, 3.63) is 58.8 Å². The van der Waals surface area contributed by atoms with Gasteiger partial charge in [0.1, 0.15) is 0 Å². The summed E-state index contributed by atoms with van der Waals surface area (Å²) in [7, 11) is 1.82. The Hall–Kier alpha value is -3.43. The molecule has 2 aliphatic heterocycles. The molecule has 1 aromatic heterocycles. The monoisotopic (exact) mass is 531 g/mol. The van der Waals surface area contributed by atoms with Crippen molar-refractivity contribution in [3.8, 4) is 0 Å². The van der Waals surface area contributed by atoms with E-state index in [2.05, 4.69) is 51.5 Å². The fraction of sp³-hybridized carbons (Fsp3) is 0.500. The number of carbonyl (C=O) groups is 2. The Morgan fingerprint density at radius 1 is 1.03 bits per heavy atom. The van der Waals surface area contributed by atoms with E-state index in [0.717, 1.165) is 42.7 Å². The van der Waals surface area contributed by atoms with E-state index in [0.29, 0.717) is 26.2 Å². The Labute approximate surface area is 231 Å². The molecule has 0 saturated heterocycles. The number of carbonyl (C=O) groups excluding carboxylic acids is 2. The third kappa shape index (κ3) is 6.09. The third-order valence-corrected chi connectivity index (χ3v) is 7.93. The first kappa shape index (κ1) is 27.1. The topological polar surface area (TPSA) is 85.7 Å². The molecule has 0 radical (unpaired) electrons. The lowest BCUT2D eigenvalue weighted by molar-refractivity contribution is -0.145. The summed E-state index contributed by atoms with van der Waals surface area (Å²) in [5.74, 6) is -0.152. The number of benzene rings is 2. The van der Waals surface area contributed by atoms with E-state index in [1.165, 1.54) is 35.0 Å². The highest BCUT2D eigenvalue weighted by atomic mass is 16.2. The Bertz CT molecular complexity index is 1310. The van der Waals surface area contributed by atoms with Gasteiger partial charge in [-0.05, 0) is 61.6 Å². The first-order chi connectivity index (χ1) is 18.9. The lowest BCUT2D eigenvalue weighted by atomic mass is 10.1. The highest BCUT2D eigenvalue weighted by molar-refractivity contribution is 5.91. The zero-order valence-electron chi connectivity index (χ0n) is 23.5. The minimum absolute atomic E-state index is 0.0524. The highest BCUT2D eigenvalue weighted by Gasteiger charge is 2.27. The number of aromatic nitrogens is 2. The maximum Gasteiger partial charge on any atom is 0.256 e. The molecule has 2 N–H and O–H groups in total. The van der Waals surface area contributed by atoms with Crippen LogP contribution in [0.3, 0.4) is 0 Å². The van der Waals surface area contributed by atoms with Gasteiger partial charge in [-0.2, -0.15) is 5.10 Å². The minimum Gasteiger partial charge on any atom is -0.353 e. The normalized spacial score (nSPS) is 15.1. The van der Waals surface area contributed by atoms with Crippen LogP contribution >= 0.6 is 0 Å². The van der Waals surface area contributed by atoms with Crippen LogP contribution in [0.15, 0.2) is 36.4 Å². The smallest absolute Gasteiger partial charge is 0.256 e. The quantitative estimate of drug-likeness (QED) is 0.392. The summed E-state index contributed by atoms with van der Waals surface area (Å²) in [5, 5.41) is 16.1. The van der Waals surface area contributed by atoms with E-state index in [1.807, 2.05) is 31.0 Å². The minimum atomic E-state index is -0.1000. The number of rotatable bonds is 10. The number of hydrogen-bond donors (Lipinski definition) is 2. The predicted octanol–water partition coefficient (Wildman–Crippen LogP) is 2.99. The fourth-order valence-electron chi connectivity index (χ4n) is 5.72. The predicted molar refractivity (Wildman–Crippen MR) is 154 cm³/mol. The number of hydrogen-bond acceptors (Lipinski definition) is 6. The van der Waals surface area contributed by atoms with Crippen LogP contribution in [0.5, 0.6) is 0 Å². The van der Waals surface area contributed by atoms with Gasteiger partial charge in [0.05, 0.1) is 18.6 Å². The molecule has 3 heterocycles. The van der Waals surface area contributed by atoms with E-state index >= 15 is 0 Å². The fourth-order valence-corrected chi connectivity index (χ4v) is 5.72. The van der Waals surface area contributed by atoms with E-state index in [9.17, 15) is 9.59 Å². The summed E-state index contributed by atoms with van der Waals surface area (Å²) in [6.45, 7) is 8.78. The van der Waals surface area contributed by atoms with Crippen LogP contribution in [0.2, 0.25) is 0 Å². The van der Waals surface area contributed by atoms with Crippen LogP contribution in [-0.2, 0) is 35.6 Å². The van der Waals surface area contributed by atoms with Crippen LogP contribution in [0.4, 0.5) is 5.69 Å². The standard InChI is InChI=1S/C30H41N7O2/c1-4-31-13-14-32-29(38)20-35(21-30(39)34(3)36-18-23-10-7-8-11-24(23)19-36)28-17-26-25(16-22(28)2)27-12-6-5-9-15-37(27)33-26/h7-8,10-11,16-17,31H,4-6,9,12-15,18-21H2,1-3H3,(H,32,38). The second kappa shape index (κ2) is 12.2. The van der Waals surface area contributed by atoms with Crippen molar-refractivity contribution in [1.82, 2.24) is 30.4 Å². The molecule has 5 rings (SSSR count). The molecular weight excluding hydrogens is 490 g/mol. The summed E-state index contributed by atoms with van der Waals surface area (Å²) in [6, 6.07) is 12.6. The second-order valence-corrected chi connectivity index (χ2v) is 10.7. The van der Waals surface area contributed by atoms with Gasteiger partial charge in [0.15, 0.2) is 0 Å². The van der Waals surface area contributed by atoms with Crippen molar-refractivity contribution in [2.45, 2.75) is 59.2 Å². The number of aryl methyl sites for hydroxylation is 3. The molecular formula is C30H41N7O2. The molecule has 2 amide bonds. The van der Waals surface area contributed by atoms with Gasteiger partial charge in [-0.3, -0.25) is 19.3 Å². The van der Waals surface area contributed by atoms with Crippen molar-refractivity contribution < 1.29 is 9.59 Å². The number of fused-ring (bicyclic) bond motifs is 4. The Morgan fingerprint density at radius 3 is 2.54 bits per heavy atom. The lowest BCUT2D eigenvalue weighted by Gasteiger charge is -2.32. The van der Waals surface area contributed by atoms with E-state index < -0.39 is 0 Å². The van der Waals surface area contributed by atoms with Gasteiger partial charge in [-0.1, -0.05) is 37.6 Å². The van der Waals surface area contributed by atoms with Crippen LogP contribution in [0.25, 0.3) is 10.9 Å². The van der Waals surface area contributed by atoms with Crippen LogP contribution < -0.4 is 15.5 Å². The number of nitrogens with one attached hydrogen (secondary N) is 2. The lowest BCUT2D eigenvalue weighted by Crippen LogP contribution is -2.48. The largest absolute Gasteiger partial charge is 0.353 e. The second-order valence-electron chi connectivity index (χ2n) is 10.7. The van der Waals surface area contributed by atoms with E-state index in [4.69, 9.17) is 5.10 Å². The number of hydrazine groups is 1. The SMILES string of the molecule is CCNCCNC(=O)CN(CC(=O)N(C)N1Cc2ccccc2C1)c1cc2nn3c(c2cc1C)CCCCC3. The number of amides is 2. The van der Waals surface area contributed by atoms with Gasteiger partial charge in [0.25, 0.3) is 5.91 Å². The average Bonchev–Trinajstić information content (AvgIpc) is 3.42. The summed E-state index contributed by atoms with van der Waals surface area (Å²) in [6.07, 6.45) is 4.60. The molecule has 2 aliphatic rings. The van der Waals surface area contributed by atoms with Gasteiger partial charge < -0.3 is 15.5 Å². The first-order valence-corrected chi connectivity index (χ1v) is 14.2. The summed E-state index contributed by atoms with van der Waals surface area (Å²) in [4.78, 5) is 28.5. The van der Waals surface area contributed by atoms with Crippen LogP contribution in [-0.4, -0.2) is 71.4 Å². The molecule has 3 aromatic rings. The maximum atomic E-state index is 13.6. The van der Waals surface area contributed by atoms with E-state index in [-0.39, 0.29) is 24.9 Å². The molecule has 0 spiro atoms. The molecule has 39 heavy (non-hydrogen) atoms. The number of likely N-dealkylation sites (N-methyl/N-ethyl adjacent to an activating group) is 2. The molecule has 0 fully saturated rings. The molecule has 208 valence electrons. The molecule has 0 unspecified atom stereocenters. The van der Waals surface area contributed by atoms with Gasteiger partial charge in [0.2, 0.25) is 5.91 Å². The van der Waals surface area contributed by atoms with Crippen LogP contribution in [0.1, 0.15) is 48.6 Å². The third-order valence-electron chi connectivity index (χ3n) is 7.93. The first-order valence-electron chi connectivity index (χ1n) is 14.2. The average molecular weight is 532 g/mol. The summed E-state index contributed by atoms with van der Waals surface area (Å²) < 4.78 is 2.16. The maximum absolute atomic E-state index is 13.6. The summed E-state index contributed by atoms with van der Waals surface area (Å²) in [5.41, 5.74) is 6.65. The van der Waals surface area contributed by atoms with Gasteiger partial charge in [-0.25, -0.2) is 5.01 Å². The van der Waals surface area contributed by atoms with Crippen molar-refractivity contribution in [2.24, 2.45) is 0 Å². The van der Waals surface area contributed by atoms with Crippen molar-refractivity contribution in [1.29, 1.82) is 0 Å². The molecule has 0 bridgehead atoms. The van der Waals surface area contributed by atoms with E-state index in [1.54, 1.807) is 5.01 Å². The Kier molecular flexibility index (Phi) is 8.47. The number of nitrogens with zero attached hydrogens (tertiary/aromatic N) is 5. The Balaban J connectivity index is 1.37. The molecule has 0 atom stereocenters. The molecule has 0 aliphatic carbocycles. The van der Waals surface area contributed by atoms with Crippen molar-refractivity contribution >= 4 is 28.4 Å². The summed E-state index contributed by atoms with van der Waals surface area (Å²) >= 11 is 0. The zero-order chi connectivity index (χ0) is 27.4. The van der Waals surface area contributed by atoms with Crippen molar-refractivity contribution in [3.63, 3.8) is 0 Å². The van der Waals surface area contributed by atoms with Gasteiger partial charge in [0, 0.05) is 56.5 Å². The molecule has 0 saturated carbocycles. The highest BCUT2D eigenvalue weighted by Crippen LogP contribution is 2.31. The molecule has 9 nitrogen and oxygen atoms in total. The van der Waals surface area contributed by atoms with Gasteiger partial charge in [-0.15, -0.1) is 0 Å². The van der Waals surface area contributed by atoms with Crippen LogP contribution in [0, 0.1) is 6.92 Å². The van der Waals surface area contributed by atoms with Crippen molar-refractivity contribution in [2.75, 3.05) is 44.7 Å².